The van der Waals surface area contributed by atoms with Gasteiger partial charge in [0.1, 0.15) is 5.82 Å². The van der Waals surface area contributed by atoms with Gasteiger partial charge in [-0.1, -0.05) is 12.1 Å². The topological polar surface area (TPSA) is 70.6 Å². The first-order valence-electron chi connectivity index (χ1n) is 8.48. The number of hydrogen-bond donors (Lipinski definition) is 0. The van der Waals surface area contributed by atoms with Crippen LogP contribution in [0.25, 0.3) is 0 Å². The highest BCUT2D eigenvalue weighted by Gasteiger charge is 2.33. The molecular formula is C18H18F3N3O3S. The molecule has 2 aromatic rings. The lowest BCUT2D eigenvalue weighted by atomic mass is 10.2. The number of anilines is 1. The quantitative estimate of drug-likeness (QED) is 0.721. The van der Waals surface area contributed by atoms with Gasteiger partial charge in [0.15, 0.2) is 5.78 Å². The van der Waals surface area contributed by atoms with Gasteiger partial charge in [0.2, 0.25) is 10.0 Å². The molecule has 3 rings (SSSR count). The standard InChI is InChI=1S/C18H18F3N3O3S/c1-13(25)14-2-4-16(5-3-14)28(26,27)24-10-8-23(9-11-24)17-12-15(6-7-22-17)18(19,20)21/h2-7,12H,8-11H2,1H3. The number of hydrogen-bond acceptors (Lipinski definition) is 5. The van der Waals surface area contributed by atoms with E-state index in [9.17, 15) is 26.4 Å². The SMILES string of the molecule is CC(=O)c1ccc(S(=O)(=O)N2CCN(c3cc(C(F)(F)F)ccn3)CC2)cc1. The number of sulfonamides is 1. The lowest BCUT2D eigenvalue weighted by Gasteiger charge is -2.34. The number of halogens is 3. The lowest BCUT2D eigenvalue weighted by molar-refractivity contribution is -0.137. The van der Waals surface area contributed by atoms with E-state index in [0.717, 1.165) is 18.3 Å². The van der Waals surface area contributed by atoms with Crippen LogP contribution >= 0.6 is 0 Å². The molecular weight excluding hydrogens is 395 g/mol. The van der Waals surface area contributed by atoms with Gasteiger partial charge in [-0.25, -0.2) is 13.4 Å². The van der Waals surface area contributed by atoms with Gasteiger partial charge < -0.3 is 4.90 Å². The fraction of sp³-hybridized carbons (Fsp3) is 0.333. The fourth-order valence-electron chi connectivity index (χ4n) is 2.94. The van der Waals surface area contributed by atoms with Gasteiger partial charge in [0.25, 0.3) is 0 Å². The zero-order chi connectivity index (χ0) is 20.5. The summed E-state index contributed by atoms with van der Waals surface area (Å²) in [6.07, 6.45) is -3.37. The van der Waals surface area contributed by atoms with Gasteiger partial charge in [0, 0.05) is 37.9 Å². The lowest BCUT2D eigenvalue weighted by Crippen LogP contribution is -2.49. The van der Waals surface area contributed by atoms with Crippen molar-refractivity contribution in [3.8, 4) is 0 Å². The molecule has 1 aliphatic heterocycles. The summed E-state index contributed by atoms with van der Waals surface area (Å²) in [5.74, 6) is 0.00355. The first kappa shape index (κ1) is 20.3. The molecule has 0 unspecified atom stereocenters. The Balaban J connectivity index is 1.72. The van der Waals surface area contributed by atoms with Crippen LogP contribution in [0.2, 0.25) is 0 Å². The van der Waals surface area contributed by atoms with E-state index >= 15 is 0 Å². The van der Waals surface area contributed by atoms with Crippen LogP contribution in [0.15, 0.2) is 47.5 Å². The monoisotopic (exact) mass is 413 g/mol. The second-order valence-electron chi connectivity index (χ2n) is 6.37. The minimum atomic E-state index is -4.46. The number of carbonyl (C=O) groups is 1. The van der Waals surface area contributed by atoms with Gasteiger partial charge in [-0.15, -0.1) is 0 Å². The van der Waals surface area contributed by atoms with Gasteiger partial charge in [-0.3, -0.25) is 4.79 Å². The van der Waals surface area contributed by atoms with Crippen molar-refractivity contribution in [1.29, 1.82) is 0 Å². The molecule has 0 bridgehead atoms. The maximum absolute atomic E-state index is 12.9. The highest BCUT2D eigenvalue weighted by Crippen LogP contribution is 2.31. The molecule has 0 amide bonds. The minimum Gasteiger partial charge on any atom is -0.354 e. The van der Waals surface area contributed by atoms with Crippen LogP contribution in [0.4, 0.5) is 19.0 Å². The van der Waals surface area contributed by atoms with Crippen LogP contribution in [0, 0.1) is 0 Å². The molecule has 0 radical (unpaired) electrons. The van der Waals surface area contributed by atoms with Crippen LogP contribution in [-0.2, 0) is 16.2 Å². The van der Waals surface area contributed by atoms with Crippen molar-refractivity contribution in [2.75, 3.05) is 31.1 Å². The number of pyridine rings is 1. The number of rotatable bonds is 4. The molecule has 0 N–H and O–H groups in total. The normalized spacial score (nSPS) is 16.2. The molecule has 1 aromatic heterocycles. The predicted octanol–water partition coefficient (Wildman–Crippen LogP) is 2.81. The second kappa shape index (κ2) is 7.51. The van der Waals surface area contributed by atoms with Crippen molar-refractivity contribution in [2.45, 2.75) is 18.0 Å². The van der Waals surface area contributed by atoms with Crippen molar-refractivity contribution in [1.82, 2.24) is 9.29 Å². The number of piperazine rings is 1. The van der Waals surface area contributed by atoms with Crippen molar-refractivity contribution in [3.05, 3.63) is 53.7 Å². The summed E-state index contributed by atoms with van der Waals surface area (Å²) < 4.78 is 65.4. The zero-order valence-electron chi connectivity index (χ0n) is 15.0. The van der Waals surface area contributed by atoms with Gasteiger partial charge in [0.05, 0.1) is 10.5 Å². The summed E-state index contributed by atoms with van der Waals surface area (Å²) in [5, 5.41) is 0. The number of nitrogens with zero attached hydrogens (tertiary/aromatic N) is 3. The van der Waals surface area contributed by atoms with Crippen LogP contribution in [0.1, 0.15) is 22.8 Å². The van der Waals surface area contributed by atoms with Crippen LogP contribution in [-0.4, -0.2) is 49.7 Å². The van der Waals surface area contributed by atoms with E-state index in [0.29, 0.717) is 5.56 Å². The molecule has 0 spiro atoms. The fourth-order valence-corrected chi connectivity index (χ4v) is 4.36. The van der Waals surface area contributed by atoms with Crippen molar-refractivity contribution < 1.29 is 26.4 Å². The van der Waals surface area contributed by atoms with Gasteiger partial charge in [-0.05, 0) is 31.2 Å². The number of benzene rings is 1. The van der Waals surface area contributed by atoms with E-state index in [1.807, 2.05) is 0 Å². The van der Waals surface area contributed by atoms with E-state index < -0.39 is 21.8 Å². The molecule has 28 heavy (non-hydrogen) atoms. The molecule has 150 valence electrons. The average molecular weight is 413 g/mol. The first-order chi connectivity index (χ1) is 13.1. The average Bonchev–Trinajstić information content (AvgIpc) is 2.67. The Bertz CT molecular complexity index is 968. The Kier molecular flexibility index (Phi) is 5.44. The predicted molar refractivity (Wildman–Crippen MR) is 96.7 cm³/mol. The zero-order valence-corrected chi connectivity index (χ0v) is 15.8. The maximum Gasteiger partial charge on any atom is 0.416 e. The van der Waals surface area contributed by atoms with E-state index in [4.69, 9.17) is 0 Å². The number of carbonyl (C=O) groups excluding carboxylic acids is 1. The van der Waals surface area contributed by atoms with Gasteiger partial charge in [-0.2, -0.15) is 17.5 Å². The largest absolute Gasteiger partial charge is 0.416 e. The summed E-state index contributed by atoms with van der Waals surface area (Å²) in [6.45, 7) is 2.08. The molecule has 0 saturated carbocycles. The van der Waals surface area contributed by atoms with E-state index in [-0.39, 0.29) is 42.7 Å². The molecule has 2 heterocycles. The molecule has 1 fully saturated rings. The van der Waals surface area contributed by atoms with Crippen LogP contribution in [0.3, 0.4) is 0 Å². The number of alkyl halides is 3. The second-order valence-corrected chi connectivity index (χ2v) is 8.31. The first-order valence-corrected chi connectivity index (χ1v) is 9.92. The Morgan fingerprint density at radius 2 is 1.64 bits per heavy atom. The van der Waals surface area contributed by atoms with E-state index in [1.54, 1.807) is 4.90 Å². The third-order valence-corrected chi connectivity index (χ3v) is 6.45. The number of Topliss-reactive ketones (excluding diaryl/α,β-unsaturated/α-hetero) is 1. The summed E-state index contributed by atoms with van der Waals surface area (Å²) in [6, 6.07) is 7.54. The highest BCUT2D eigenvalue weighted by molar-refractivity contribution is 7.89. The third kappa shape index (κ3) is 4.17. The van der Waals surface area contributed by atoms with Crippen LogP contribution in [0.5, 0.6) is 0 Å². The molecule has 0 aliphatic carbocycles. The maximum atomic E-state index is 12.9. The molecule has 1 aromatic carbocycles. The summed E-state index contributed by atoms with van der Waals surface area (Å²) in [4.78, 5) is 17.0. The molecule has 1 aliphatic rings. The Hall–Kier alpha value is -2.46. The molecule has 6 nitrogen and oxygen atoms in total. The van der Waals surface area contributed by atoms with Crippen molar-refractivity contribution in [3.63, 3.8) is 0 Å². The Labute approximate surface area is 160 Å². The molecule has 0 atom stereocenters. The Morgan fingerprint density at radius 3 is 2.18 bits per heavy atom. The summed E-state index contributed by atoms with van der Waals surface area (Å²) in [5.41, 5.74) is -0.377. The highest BCUT2D eigenvalue weighted by atomic mass is 32.2. The smallest absolute Gasteiger partial charge is 0.354 e. The minimum absolute atomic E-state index is 0.0724. The number of ketones is 1. The summed E-state index contributed by atoms with van der Waals surface area (Å²) in [7, 11) is -3.75. The number of aromatic nitrogens is 1. The van der Waals surface area contributed by atoms with Crippen LogP contribution < -0.4 is 4.90 Å². The van der Waals surface area contributed by atoms with E-state index in [1.165, 1.54) is 35.5 Å². The van der Waals surface area contributed by atoms with E-state index in [2.05, 4.69) is 4.98 Å². The summed E-state index contributed by atoms with van der Waals surface area (Å²) >= 11 is 0. The van der Waals surface area contributed by atoms with Crippen molar-refractivity contribution in [2.24, 2.45) is 0 Å². The van der Waals surface area contributed by atoms with Crippen molar-refractivity contribution >= 4 is 21.6 Å². The molecule has 10 heteroatoms. The third-order valence-electron chi connectivity index (χ3n) is 4.53. The molecule has 1 saturated heterocycles. The van der Waals surface area contributed by atoms with Gasteiger partial charge >= 0.3 is 6.18 Å². The Morgan fingerprint density at radius 1 is 1.04 bits per heavy atom.